The molecule has 0 saturated heterocycles. The van der Waals surface area contributed by atoms with E-state index in [2.05, 4.69) is 43.1 Å². The third kappa shape index (κ3) is 6.23. The number of rotatable bonds is 10. The minimum absolute atomic E-state index is 0.614. The second-order valence-electron chi connectivity index (χ2n) is 6.25. The highest BCUT2D eigenvalue weighted by Gasteiger charge is 2.05. The maximum Gasteiger partial charge on any atom is 0.213 e. The lowest BCUT2D eigenvalue weighted by molar-refractivity contribution is 0.242. The zero-order valence-electron chi connectivity index (χ0n) is 15.1. The predicted octanol–water partition coefficient (Wildman–Crippen LogP) is 5.22. The van der Waals surface area contributed by atoms with E-state index in [1.165, 1.54) is 18.4 Å². The first kappa shape index (κ1) is 18.3. The number of aryl methyl sites for hydroxylation is 1. The van der Waals surface area contributed by atoms with Gasteiger partial charge in [0.2, 0.25) is 5.88 Å². The molecule has 0 saturated carbocycles. The molecule has 0 aliphatic heterocycles. The lowest BCUT2D eigenvalue weighted by Gasteiger charge is -2.12. The second-order valence-corrected chi connectivity index (χ2v) is 6.25. The van der Waals surface area contributed by atoms with Crippen molar-refractivity contribution in [3.63, 3.8) is 0 Å². The van der Waals surface area contributed by atoms with E-state index in [0.717, 1.165) is 30.1 Å². The zero-order valence-corrected chi connectivity index (χ0v) is 15.1. The Hall–Kier alpha value is -2.03. The minimum atomic E-state index is 0.614. The van der Waals surface area contributed by atoms with Crippen molar-refractivity contribution < 1.29 is 9.47 Å². The first-order valence-corrected chi connectivity index (χ1v) is 8.98. The Morgan fingerprint density at radius 3 is 2.25 bits per heavy atom. The lowest BCUT2D eigenvalue weighted by Crippen LogP contribution is -2.06. The Morgan fingerprint density at radius 2 is 1.62 bits per heavy atom. The van der Waals surface area contributed by atoms with Crippen LogP contribution >= 0.6 is 0 Å². The minimum Gasteiger partial charge on any atom is -0.493 e. The van der Waals surface area contributed by atoms with Crippen molar-refractivity contribution in [2.24, 2.45) is 5.92 Å². The van der Waals surface area contributed by atoms with Crippen molar-refractivity contribution in [1.29, 1.82) is 0 Å². The molecule has 24 heavy (non-hydrogen) atoms. The standard InChI is InChI=1S/C21H29NO2/c1-4-18(5-2)15-19-8-10-20(11-9-19)23-13-6-14-24-21-12-7-17(3)16-22-21/h7-12,16,18H,4-6,13-15H2,1-3H3. The summed E-state index contributed by atoms with van der Waals surface area (Å²) in [4.78, 5) is 4.22. The smallest absolute Gasteiger partial charge is 0.213 e. The van der Waals surface area contributed by atoms with Gasteiger partial charge in [-0.2, -0.15) is 0 Å². The molecule has 0 radical (unpaired) electrons. The van der Waals surface area contributed by atoms with Crippen molar-refractivity contribution in [2.75, 3.05) is 13.2 Å². The van der Waals surface area contributed by atoms with Crippen molar-refractivity contribution in [1.82, 2.24) is 4.98 Å². The highest BCUT2D eigenvalue weighted by atomic mass is 16.5. The fourth-order valence-electron chi connectivity index (χ4n) is 2.60. The van der Waals surface area contributed by atoms with E-state index < -0.39 is 0 Å². The average molecular weight is 327 g/mol. The lowest BCUT2D eigenvalue weighted by atomic mass is 9.95. The molecule has 0 aliphatic carbocycles. The topological polar surface area (TPSA) is 31.4 Å². The van der Waals surface area contributed by atoms with Gasteiger partial charge in [-0.05, 0) is 42.5 Å². The maximum atomic E-state index is 5.78. The Labute approximate surface area is 146 Å². The Kier molecular flexibility index (Phi) is 7.60. The van der Waals surface area contributed by atoms with Gasteiger partial charge in [0.15, 0.2) is 0 Å². The molecule has 130 valence electrons. The zero-order chi connectivity index (χ0) is 17.2. The molecule has 0 bridgehead atoms. The highest BCUT2D eigenvalue weighted by molar-refractivity contribution is 5.27. The number of aromatic nitrogens is 1. The van der Waals surface area contributed by atoms with Crippen LogP contribution < -0.4 is 9.47 Å². The number of hydrogen-bond acceptors (Lipinski definition) is 3. The molecule has 2 rings (SSSR count). The average Bonchev–Trinajstić information content (AvgIpc) is 2.62. The molecule has 2 aromatic rings. The van der Waals surface area contributed by atoms with E-state index in [0.29, 0.717) is 19.1 Å². The SMILES string of the molecule is CCC(CC)Cc1ccc(OCCCOc2ccc(C)cn2)cc1. The van der Waals surface area contributed by atoms with Crippen LogP contribution in [0.2, 0.25) is 0 Å². The molecule has 3 nitrogen and oxygen atoms in total. The van der Waals surface area contributed by atoms with Crippen LogP contribution in [0.4, 0.5) is 0 Å². The van der Waals surface area contributed by atoms with Gasteiger partial charge in [-0.1, -0.05) is 44.9 Å². The molecule has 0 N–H and O–H groups in total. The van der Waals surface area contributed by atoms with Gasteiger partial charge in [0.25, 0.3) is 0 Å². The second kappa shape index (κ2) is 9.96. The molecule has 0 fully saturated rings. The molecule has 0 spiro atoms. The summed E-state index contributed by atoms with van der Waals surface area (Å²) >= 11 is 0. The molecule has 0 aliphatic rings. The van der Waals surface area contributed by atoms with E-state index in [1.54, 1.807) is 0 Å². The highest BCUT2D eigenvalue weighted by Crippen LogP contribution is 2.18. The normalized spacial score (nSPS) is 10.8. The van der Waals surface area contributed by atoms with Crippen LogP contribution in [0.25, 0.3) is 0 Å². The van der Waals surface area contributed by atoms with E-state index in [4.69, 9.17) is 9.47 Å². The summed E-state index contributed by atoms with van der Waals surface area (Å²) in [5.74, 6) is 2.38. The summed E-state index contributed by atoms with van der Waals surface area (Å²) < 4.78 is 11.4. The monoisotopic (exact) mass is 327 g/mol. The van der Waals surface area contributed by atoms with Gasteiger partial charge in [-0.3, -0.25) is 0 Å². The Morgan fingerprint density at radius 1 is 0.917 bits per heavy atom. The summed E-state index contributed by atoms with van der Waals surface area (Å²) in [6.45, 7) is 7.81. The van der Waals surface area contributed by atoms with Gasteiger partial charge < -0.3 is 9.47 Å². The molecule has 1 aromatic heterocycles. The largest absolute Gasteiger partial charge is 0.493 e. The Balaban J connectivity index is 1.66. The van der Waals surface area contributed by atoms with Crippen LogP contribution in [0.3, 0.4) is 0 Å². The van der Waals surface area contributed by atoms with Gasteiger partial charge in [-0.25, -0.2) is 4.98 Å². The molecule has 0 amide bonds. The predicted molar refractivity (Wildman–Crippen MR) is 98.8 cm³/mol. The molecule has 0 unspecified atom stereocenters. The van der Waals surface area contributed by atoms with Crippen molar-refractivity contribution in [3.05, 3.63) is 53.7 Å². The van der Waals surface area contributed by atoms with E-state index in [1.807, 2.05) is 25.3 Å². The first-order chi connectivity index (χ1) is 11.7. The van der Waals surface area contributed by atoms with Crippen molar-refractivity contribution in [2.45, 2.75) is 46.5 Å². The first-order valence-electron chi connectivity index (χ1n) is 8.98. The molecule has 0 atom stereocenters. The number of ether oxygens (including phenoxy) is 2. The van der Waals surface area contributed by atoms with E-state index >= 15 is 0 Å². The summed E-state index contributed by atoms with van der Waals surface area (Å²) in [7, 11) is 0. The third-order valence-corrected chi connectivity index (χ3v) is 4.29. The van der Waals surface area contributed by atoms with Gasteiger partial charge in [0.05, 0.1) is 13.2 Å². The van der Waals surface area contributed by atoms with Crippen LogP contribution in [-0.2, 0) is 6.42 Å². The number of hydrogen-bond donors (Lipinski definition) is 0. The van der Waals surface area contributed by atoms with Gasteiger partial charge in [0, 0.05) is 18.7 Å². The van der Waals surface area contributed by atoms with Crippen LogP contribution in [-0.4, -0.2) is 18.2 Å². The van der Waals surface area contributed by atoms with Gasteiger partial charge in [0.1, 0.15) is 5.75 Å². The van der Waals surface area contributed by atoms with Crippen molar-refractivity contribution in [3.8, 4) is 11.6 Å². The fourth-order valence-corrected chi connectivity index (χ4v) is 2.60. The number of pyridine rings is 1. The number of nitrogens with zero attached hydrogens (tertiary/aromatic N) is 1. The van der Waals surface area contributed by atoms with Crippen LogP contribution in [0, 0.1) is 12.8 Å². The van der Waals surface area contributed by atoms with Crippen LogP contribution in [0.15, 0.2) is 42.6 Å². The van der Waals surface area contributed by atoms with Gasteiger partial charge in [-0.15, -0.1) is 0 Å². The summed E-state index contributed by atoms with van der Waals surface area (Å²) in [5.41, 5.74) is 2.53. The van der Waals surface area contributed by atoms with E-state index in [9.17, 15) is 0 Å². The van der Waals surface area contributed by atoms with Crippen molar-refractivity contribution >= 4 is 0 Å². The van der Waals surface area contributed by atoms with Crippen LogP contribution in [0.5, 0.6) is 11.6 Å². The molecular weight excluding hydrogens is 298 g/mol. The molecule has 3 heteroatoms. The molecular formula is C21H29NO2. The maximum absolute atomic E-state index is 5.78. The summed E-state index contributed by atoms with van der Waals surface area (Å²) in [5, 5.41) is 0. The third-order valence-electron chi connectivity index (χ3n) is 4.29. The van der Waals surface area contributed by atoms with Gasteiger partial charge >= 0.3 is 0 Å². The quantitative estimate of drug-likeness (QED) is 0.561. The number of benzene rings is 1. The summed E-state index contributed by atoms with van der Waals surface area (Å²) in [6, 6.07) is 12.4. The molecule has 1 aromatic carbocycles. The molecule has 1 heterocycles. The van der Waals surface area contributed by atoms with E-state index in [-0.39, 0.29) is 0 Å². The fraction of sp³-hybridized carbons (Fsp3) is 0.476. The Bertz CT molecular complexity index is 574. The van der Waals surface area contributed by atoms with Crippen LogP contribution in [0.1, 0.15) is 44.2 Å². The summed E-state index contributed by atoms with van der Waals surface area (Å²) in [6.07, 6.45) is 6.29.